The number of hydrogen-bond donors (Lipinski definition) is 3. The number of benzene rings is 1. The Balaban J connectivity index is 2.30. The molecule has 0 saturated heterocycles. The molecule has 2 atom stereocenters. The van der Waals surface area contributed by atoms with Crippen molar-refractivity contribution < 1.29 is 9.90 Å². The highest BCUT2D eigenvalue weighted by atomic mass is 16.3. The molecule has 1 aliphatic carbocycles. The van der Waals surface area contributed by atoms with Crippen molar-refractivity contribution in [2.24, 2.45) is 11.8 Å². The van der Waals surface area contributed by atoms with E-state index in [0.29, 0.717) is 6.42 Å². The Kier molecular flexibility index (Phi) is 2.23. The van der Waals surface area contributed by atoms with Gasteiger partial charge >= 0.3 is 0 Å². The first-order chi connectivity index (χ1) is 6.74. The minimum Gasteiger partial charge on any atom is -0.388 e. The minimum atomic E-state index is -0.727. The fourth-order valence-electron chi connectivity index (χ4n) is 1.92. The van der Waals surface area contributed by atoms with E-state index in [0.717, 1.165) is 11.1 Å². The van der Waals surface area contributed by atoms with Crippen molar-refractivity contribution in [3.05, 3.63) is 35.4 Å². The van der Waals surface area contributed by atoms with Gasteiger partial charge in [-0.25, -0.2) is 5.84 Å². The molecule has 1 amide bonds. The van der Waals surface area contributed by atoms with Gasteiger partial charge in [-0.15, -0.1) is 0 Å². The second kappa shape index (κ2) is 3.40. The Morgan fingerprint density at radius 1 is 1.50 bits per heavy atom. The van der Waals surface area contributed by atoms with Crippen LogP contribution < -0.4 is 11.3 Å². The largest absolute Gasteiger partial charge is 0.388 e. The maximum atomic E-state index is 11.3. The van der Waals surface area contributed by atoms with Crippen LogP contribution in [0.4, 0.5) is 0 Å². The molecule has 0 radical (unpaired) electrons. The first-order valence-electron chi connectivity index (χ1n) is 4.50. The summed E-state index contributed by atoms with van der Waals surface area (Å²) in [6, 6.07) is 7.51. The molecule has 0 fully saturated rings. The summed E-state index contributed by atoms with van der Waals surface area (Å²) >= 11 is 0. The molecule has 4 N–H and O–H groups in total. The number of carbonyl (C=O) groups excluding carboxylic acids is 1. The molecule has 1 aromatic carbocycles. The summed E-state index contributed by atoms with van der Waals surface area (Å²) < 4.78 is 0. The second-order valence-electron chi connectivity index (χ2n) is 3.46. The topological polar surface area (TPSA) is 75.3 Å². The zero-order valence-corrected chi connectivity index (χ0v) is 7.60. The quantitative estimate of drug-likeness (QED) is 0.330. The molecule has 0 unspecified atom stereocenters. The summed E-state index contributed by atoms with van der Waals surface area (Å²) in [6.45, 7) is 0. The number of nitrogens with one attached hydrogen (secondary N) is 1. The first-order valence-corrected chi connectivity index (χ1v) is 4.50. The van der Waals surface area contributed by atoms with Crippen LogP contribution in [-0.4, -0.2) is 11.0 Å². The summed E-state index contributed by atoms with van der Waals surface area (Å²) in [7, 11) is 0. The molecule has 4 heteroatoms. The Hall–Kier alpha value is -1.39. The van der Waals surface area contributed by atoms with Gasteiger partial charge in [-0.2, -0.15) is 0 Å². The highest BCUT2D eigenvalue weighted by Crippen LogP contribution is 2.35. The number of nitrogens with two attached hydrogens (primary N) is 1. The number of carbonyl (C=O) groups is 1. The molecule has 0 aliphatic heterocycles. The smallest absolute Gasteiger partial charge is 0.240 e. The van der Waals surface area contributed by atoms with Gasteiger partial charge in [-0.1, -0.05) is 24.3 Å². The van der Waals surface area contributed by atoms with Crippen molar-refractivity contribution >= 4 is 5.91 Å². The van der Waals surface area contributed by atoms with E-state index in [9.17, 15) is 9.90 Å². The van der Waals surface area contributed by atoms with E-state index in [1.54, 1.807) is 0 Å². The van der Waals surface area contributed by atoms with E-state index in [1.807, 2.05) is 24.3 Å². The van der Waals surface area contributed by atoms with Gasteiger partial charge < -0.3 is 5.11 Å². The Labute approximate surface area is 81.7 Å². The van der Waals surface area contributed by atoms with Gasteiger partial charge in [0.05, 0.1) is 12.0 Å². The van der Waals surface area contributed by atoms with Crippen LogP contribution in [0.3, 0.4) is 0 Å². The summed E-state index contributed by atoms with van der Waals surface area (Å²) in [6.07, 6.45) is -0.171. The molecule has 0 heterocycles. The van der Waals surface area contributed by atoms with E-state index in [4.69, 9.17) is 5.84 Å². The molecule has 0 spiro atoms. The maximum Gasteiger partial charge on any atom is 0.240 e. The van der Waals surface area contributed by atoms with Gasteiger partial charge in [-0.05, 0) is 17.5 Å². The molecule has 14 heavy (non-hydrogen) atoms. The molecule has 0 aromatic heterocycles. The average Bonchev–Trinajstić information content (AvgIpc) is 2.56. The molecular weight excluding hydrogens is 180 g/mol. The summed E-state index contributed by atoms with van der Waals surface area (Å²) in [5, 5.41) is 9.83. The van der Waals surface area contributed by atoms with E-state index in [1.165, 1.54) is 0 Å². The number of amides is 1. The molecule has 4 nitrogen and oxygen atoms in total. The van der Waals surface area contributed by atoms with Gasteiger partial charge in [0, 0.05) is 0 Å². The highest BCUT2D eigenvalue weighted by Gasteiger charge is 2.35. The summed E-state index contributed by atoms with van der Waals surface area (Å²) in [5.74, 6) is 4.28. The third kappa shape index (κ3) is 1.29. The summed E-state index contributed by atoms with van der Waals surface area (Å²) in [5.41, 5.74) is 3.93. The van der Waals surface area contributed by atoms with Crippen LogP contribution in [0.2, 0.25) is 0 Å². The molecule has 0 saturated carbocycles. The zero-order chi connectivity index (χ0) is 10.1. The van der Waals surface area contributed by atoms with Crippen LogP contribution in [-0.2, 0) is 11.2 Å². The second-order valence-corrected chi connectivity index (χ2v) is 3.46. The standard InChI is InChI=1S/C10H12N2O2/c11-12-10(14)8-5-6-3-1-2-4-7(6)9(8)13/h1-4,8-9,13H,5,11H2,(H,12,14)/t8-,9-/m1/s1. The maximum absolute atomic E-state index is 11.3. The van der Waals surface area contributed by atoms with Gasteiger partial charge in [0.25, 0.3) is 0 Å². The Morgan fingerprint density at radius 3 is 2.86 bits per heavy atom. The normalized spacial score (nSPS) is 24.4. The first kappa shape index (κ1) is 9.18. The van der Waals surface area contributed by atoms with Crippen LogP contribution in [0.15, 0.2) is 24.3 Å². The van der Waals surface area contributed by atoms with Crippen molar-refractivity contribution in [2.75, 3.05) is 0 Å². The molecule has 0 bridgehead atoms. The number of rotatable bonds is 1. The lowest BCUT2D eigenvalue weighted by Crippen LogP contribution is -2.37. The minimum absolute atomic E-state index is 0.311. The van der Waals surface area contributed by atoms with Gasteiger partial charge in [0.1, 0.15) is 0 Å². The van der Waals surface area contributed by atoms with Gasteiger partial charge in [-0.3, -0.25) is 10.2 Å². The van der Waals surface area contributed by atoms with Crippen molar-refractivity contribution in [1.82, 2.24) is 5.43 Å². The summed E-state index contributed by atoms with van der Waals surface area (Å²) in [4.78, 5) is 11.3. The molecular formula is C10H12N2O2. The van der Waals surface area contributed by atoms with Crippen molar-refractivity contribution in [1.29, 1.82) is 0 Å². The van der Waals surface area contributed by atoms with Crippen molar-refractivity contribution in [2.45, 2.75) is 12.5 Å². The lowest BCUT2D eigenvalue weighted by molar-refractivity contribution is -0.128. The SMILES string of the molecule is NNC(=O)[C@@H]1Cc2ccccc2[C@H]1O. The van der Waals surface area contributed by atoms with Gasteiger partial charge in [0.15, 0.2) is 0 Å². The average molecular weight is 192 g/mol. The van der Waals surface area contributed by atoms with Crippen molar-refractivity contribution in [3.63, 3.8) is 0 Å². The van der Waals surface area contributed by atoms with E-state index < -0.39 is 12.0 Å². The third-order valence-electron chi connectivity index (χ3n) is 2.67. The number of aliphatic hydroxyl groups excluding tert-OH is 1. The molecule has 1 aromatic rings. The predicted octanol–water partition coefficient (Wildman–Crippen LogP) is -0.118. The van der Waals surface area contributed by atoms with E-state index in [-0.39, 0.29) is 5.91 Å². The van der Waals surface area contributed by atoms with Crippen LogP contribution in [0.25, 0.3) is 0 Å². The molecule has 74 valence electrons. The highest BCUT2D eigenvalue weighted by molar-refractivity contribution is 5.80. The van der Waals surface area contributed by atoms with E-state index >= 15 is 0 Å². The fraction of sp³-hybridized carbons (Fsp3) is 0.300. The molecule has 1 aliphatic rings. The predicted molar refractivity (Wildman–Crippen MR) is 50.9 cm³/mol. The van der Waals surface area contributed by atoms with Gasteiger partial charge in [0.2, 0.25) is 5.91 Å². The Morgan fingerprint density at radius 2 is 2.21 bits per heavy atom. The van der Waals surface area contributed by atoms with E-state index in [2.05, 4.69) is 5.43 Å². The van der Waals surface area contributed by atoms with Crippen LogP contribution >= 0.6 is 0 Å². The number of aliphatic hydroxyl groups is 1. The Bertz CT molecular complexity index is 365. The lowest BCUT2D eigenvalue weighted by atomic mass is 10.0. The van der Waals surface area contributed by atoms with Crippen molar-refractivity contribution in [3.8, 4) is 0 Å². The third-order valence-corrected chi connectivity index (χ3v) is 2.67. The van der Waals surface area contributed by atoms with Crippen LogP contribution in [0.5, 0.6) is 0 Å². The number of hydrazine groups is 1. The lowest BCUT2D eigenvalue weighted by Gasteiger charge is -2.12. The van der Waals surface area contributed by atoms with Crippen LogP contribution in [0, 0.1) is 5.92 Å². The fourth-order valence-corrected chi connectivity index (χ4v) is 1.92. The number of fused-ring (bicyclic) bond motifs is 1. The zero-order valence-electron chi connectivity index (χ0n) is 7.60. The van der Waals surface area contributed by atoms with Crippen LogP contribution in [0.1, 0.15) is 17.2 Å². The number of hydrogen-bond acceptors (Lipinski definition) is 3. The monoisotopic (exact) mass is 192 g/mol. The molecule has 2 rings (SSSR count).